The molecule has 84 valence electrons. The molecule has 15 heavy (non-hydrogen) atoms. The average Bonchev–Trinajstić information content (AvgIpc) is 2.14. The zero-order valence-corrected chi connectivity index (χ0v) is 11.7. The molecule has 0 saturated heterocycles. The Morgan fingerprint density at radius 2 is 2.07 bits per heavy atom. The van der Waals surface area contributed by atoms with Crippen LogP contribution in [-0.4, -0.2) is 17.1 Å². The van der Waals surface area contributed by atoms with E-state index in [1.807, 2.05) is 6.92 Å². The number of nitrogens with one attached hydrogen (secondary N) is 1. The van der Waals surface area contributed by atoms with E-state index >= 15 is 0 Å². The summed E-state index contributed by atoms with van der Waals surface area (Å²) in [7, 11) is 1.68. The topological polar surface area (TPSA) is 37.9 Å². The van der Waals surface area contributed by atoms with Crippen LogP contribution in [0.3, 0.4) is 0 Å². The van der Waals surface area contributed by atoms with Crippen molar-refractivity contribution in [3.05, 3.63) is 20.6 Å². The highest BCUT2D eigenvalue weighted by atomic mass is 79.9. The van der Waals surface area contributed by atoms with Gasteiger partial charge in [-0.3, -0.25) is 0 Å². The third-order valence-electron chi connectivity index (χ3n) is 2.18. The van der Waals surface area contributed by atoms with Gasteiger partial charge in [0.2, 0.25) is 0 Å². The first-order valence-electron chi connectivity index (χ1n) is 4.76. The molecule has 0 fully saturated rings. The van der Waals surface area contributed by atoms with Gasteiger partial charge in [0.1, 0.15) is 16.6 Å². The number of methoxy groups -OCH3 is 1. The molecule has 5 heteroatoms. The first-order valence-corrected chi connectivity index (χ1v) is 5.96. The summed E-state index contributed by atoms with van der Waals surface area (Å²) in [6, 6.07) is 0. The van der Waals surface area contributed by atoms with E-state index in [0.29, 0.717) is 10.6 Å². The summed E-state index contributed by atoms with van der Waals surface area (Å²) in [4.78, 5) is 7.51. The highest BCUT2D eigenvalue weighted by Gasteiger charge is 2.18. The quantitative estimate of drug-likeness (QED) is 0.865. The molecule has 0 radical (unpaired) electrons. The SMILES string of the molecule is COC(c1nc(=S)c(Br)c(C)[nH]1)C(C)C. The summed E-state index contributed by atoms with van der Waals surface area (Å²) in [5, 5.41) is 0. The number of rotatable bonds is 3. The summed E-state index contributed by atoms with van der Waals surface area (Å²) in [6.07, 6.45) is -0.0431. The Bertz CT molecular complexity index is 403. The van der Waals surface area contributed by atoms with E-state index in [2.05, 4.69) is 39.7 Å². The van der Waals surface area contributed by atoms with Gasteiger partial charge in [-0.15, -0.1) is 0 Å². The van der Waals surface area contributed by atoms with Crippen LogP contribution in [0.25, 0.3) is 0 Å². The van der Waals surface area contributed by atoms with E-state index in [-0.39, 0.29) is 6.10 Å². The maximum absolute atomic E-state index is 5.39. The van der Waals surface area contributed by atoms with Gasteiger partial charge in [-0.25, -0.2) is 4.98 Å². The molecule has 1 atom stereocenters. The molecule has 0 saturated carbocycles. The first-order chi connectivity index (χ1) is 6.97. The molecule has 0 aliphatic rings. The minimum absolute atomic E-state index is 0.0431. The van der Waals surface area contributed by atoms with Gasteiger partial charge >= 0.3 is 0 Å². The molecule has 1 unspecified atom stereocenters. The smallest absolute Gasteiger partial charge is 0.144 e. The lowest BCUT2D eigenvalue weighted by atomic mass is 10.1. The molecule has 0 aliphatic heterocycles. The second-order valence-corrected chi connectivity index (χ2v) is 4.95. The monoisotopic (exact) mass is 290 g/mol. The molecule has 0 aliphatic carbocycles. The average molecular weight is 291 g/mol. The van der Waals surface area contributed by atoms with Crippen LogP contribution < -0.4 is 0 Å². The summed E-state index contributed by atoms with van der Waals surface area (Å²) >= 11 is 8.53. The normalized spacial score (nSPS) is 13.2. The maximum atomic E-state index is 5.39. The molecule has 1 N–H and O–H groups in total. The van der Waals surface area contributed by atoms with Crippen LogP contribution in [0, 0.1) is 17.5 Å². The second kappa shape index (κ2) is 5.18. The Hall–Kier alpha value is -0.260. The van der Waals surface area contributed by atoms with Crippen LogP contribution in [0.1, 0.15) is 31.5 Å². The van der Waals surface area contributed by atoms with Gasteiger partial charge in [0.15, 0.2) is 0 Å². The van der Waals surface area contributed by atoms with Crippen LogP contribution >= 0.6 is 28.1 Å². The van der Waals surface area contributed by atoms with Crippen molar-refractivity contribution in [3.8, 4) is 0 Å². The number of aromatic nitrogens is 2. The van der Waals surface area contributed by atoms with Crippen molar-refractivity contribution in [2.24, 2.45) is 5.92 Å². The van der Waals surface area contributed by atoms with Crippen molar-refractivity contribution >= 4 is 28.1 Å². The highest BCUT2D eigenvalue weighted by molar-refractivity contribution is 9.10. The molecular weight excluding hydrogens is 276 g/mol. The highest BCUT2D eigenvalue weighted by Crippen LogP contribution is 2.24. The summed E-state index contributed by atoms with van der Waals surface area (Å²) in [5.74, 6) is 1.15. The number of aromatic amines is 1. The third kappa shape index (κ3) is 2.86. The Kier molecular flexibility index (Phi) is 4.43. The van der Waals surface area contributed by atoms with Gasteiger partial charge in [0, 0.05) is 12.8 Å². The molecule has 1 aromatic rings. The summed E-state index contributed by atoms with van der Waals surface area (Å²) in [6.45, 7) is 6.13. The van der Waals surface area contributed by atoms with Crippen LogP contribution in [0.2, 0.25) is 0 Å². The number of aryl methyl sites for hydroxylation is 1. The zero-order valence-electron chi connectivity index (χ0n) is 9.30. The minimum atomic E-state index is -0.0431. The van der Waals surface area contributed by atoms with Crippen LogP contribution in [-0.2, 0) is 4.74 Å². The second-order valence-electron chi connectivity index (χ2n) is 3.77. The predicted octanol–water partition coefficient (Wildman–Crippen LogP) is 3.55. The molecule has 0 aromatic carbocycles. The molecule has 1 rings (SSSR count). The predicted molar refractivity (Wildman–Crippen MR) is 66.4 cm³/mol. The van der Waals surface area contributed by atoms with Crippen molar-refractivity contribution in [2.75, 3.05) is 7.11 Å². The third-order valence-corrected chi connectivity index (χ3v) is 3.71. The standard InChI is InChI=1S/C10H15BrN2OS/c1-5(2)8(14-4)9-12-6(3)7(11)10(15)13-9/h5,8H,1-4H3,(H,12,13,15). The minimum Gasteiger partial charge on any atom is -0.373 e. The van der Waals surface area contributed by atoms with E-state index in [9.17, 15) is 0 Å². The van der Waals surface area contributed by atoms with Crippen LogP contribution in [0.15, 0.2) is 4.47 Å². The number of H-pyrrole nitrogens is 1. The van der Waals surface area contributed by atoms with Gasteiger partial charge in [0.05, 0.1) is 4.47 Å². The van der Waals surface area contributed by atoms with Crippen molar-refractivity contribution in [2.45, 2.75) is 26.9 Å². The Balaban J connectivity index is 3.21. The molecule has 1 heterocycles. The van der Waals surface area contributed by atoms with Gasteiger partial charge < -0.3 is 9.72 Å². The van der Waals surface area contributed by atoms with Gasteiger partial charge in [-0.1, -0.05) is 26.1 Å². The molecular formula is C10H15BrN2OS. The molecule has 0 bridgehead atoms. The van der Waals surface area contributed by atoms with E-state index in [4.69, 9.17) is 17.0 Å². The number of ether oxygens (including phenoxy) is 1. The summed E-state index contributed by atoms with van der Waals surface area (Å²) < 4.78 is 6.81. The molecule has 0 amide bonds. The Morgan fingerprint density at radius 3 is 2.47 bits per heavy atom. The molecule has 1 aromatic heterocycles. The Morgan fingerprint density at radius 1 is 1.47 bits per heavy atom. The lowest BCUT2D eigenvalue weighted by Gasteiger charge is -2.19. The van der Waals surface area contributed by atoms with Crippen molar-refractivity contribution in [1.82, 2.24) is 9.97 Å². The molecule has 0 spiro atoms. The van der Waals surface area contributed by atoms with E-state index in [1.54, 1.807) is 7.11 Å². The van der Waals surface area contributed by atoms with Crippen molar-refractivity contribution in [1.29, 1.82) is 0 Å². The fraction of sp³-hybridized carbons (Fsp3) is 0.600. The number of hydrogen-bond donors (Lipinski definition) is 1. The zero-order chi connectivity index (χ0) is 11.6. The van der Waals surface area contributed by atoms with Crippen molar-refractivity contribution in [3.63, 3.8) is 0 Å². The largest absolute Gasteiger partial charge is 0.373 e. The van der Waals surface area contributed by atoms with Gasteiger partial charge in [-0.05, 0) is 28.8 Å². The fourth-order valence-corrected chi connectivity index (χ4v) is 1.87. The van der Waals surface area contributed by atoms with E-state index < -0.39 is 0 Å². The lowest BCUT2D eigenvalue weighted by molar-refractivity contribution is 0.0572. The number of halogens is 1. The van der Waals surface area contributed by atoms with Gasteiger partial charge in [0.25, 0.3) is 0 Å². The number of hydrogen-bond acceptors (Lipinski definition) is 3. The molecule has 3 nitrogen and oxygen atoms in total. The fourth-order valence-electron chi connectivity index (χ4n) is 1.43. The maximum Gasteiger partial charge on any atom is 0.144 e. The van der Waals surface area contributed by atoms with E-state index in [0.717, 1.165) is 16.0 Å². The van der Waals surface area contributed by atoms with Gasteiger partial charge in [-0.2, -0.15) is 0 Å². The summed E-state index contributed by atoms with van der Waals surface area (Å²) in [5.41, 5.74) is 0.979. The van der Waals surface area contributed by atoms with Crippen LogP contribution in [0.5, 0.6) is 0 Å². The van der Waals surface area contributed by atoms with Crippen molar-refractivity contribution < 1.29 is 4.74 Å². The van der Waals surface area contributed by atoms with E-state index in [1.165, 1.54) is 0 Å². The van der Waals surface area contributed by atoms with Crippen LogP contribution in [0.4, 0.5) is 0 Å². The lowest BCUT2D eigenvalue weighted by Crippen LogP contribution is -2.13. The first kappa shape index (κ1) is 12.8. The Labute approximate surface area is 103 Å². The number of nitrogens with zero attached hydrogens (tertiary/aromatic N) is 1.